The molecule has 0 heterocycles. The Morgan fingerprint density at radius 1 is 0.774 bits per heavy atom. The smallest absolute Gasteiger partial charge is 0.257 e. The Bertz CT molecular complexity index is 1010. The molecule has 2 N–H and O–H groups in total. The number of nitrogens with one attached hydrogen (secondary N) is 2. The van der Waals surface area contributed by atoms with Crippen molar-refractivity contribution in [2.24, 2.45) is 0 Å². The highest BCUT2D eigenvalue weighted by Crippen LogP contribution is 2.19. The fourth-order valence-corrected chi connectivity index (χ4v) is 2.96. The lowest BCUT2D eigenvalue weighted by Crippen LogP contribution is -2.18. The summed E-state index contributed by atoms with van der Waals surface area (Å²) in [6.07, 6.45) is 0. The molecular formula is C25H26N2O4. The maximum Gasteiger partial charge on any atom is 0.257 e. The first-order valence-corrected chi connectivity index (χ1v) is 10.2. The first kappa shape index (κ1) is 22.2. The van der Waals surface area contributed by atoms with Crippen molar-refractivity contribution in [2.45, 2.75) is 13.5 Å². The molecule has 2 amide bonds. The summed E-state index contributed by atoms with van der Waals surface area (Å²) in [5.41, 5.74) is 2.95. The minimum Gasteiger partial charge on any atom is -0.379 e. The monoisotopic (exact) mass is 418 g/mol. The third kappa shape index (κ3) is 6.77. The van der Waals surface area contributed by atoms with E-state index >= 15 is 0 Å². The fourth-order valence-electron chi connectivity index (χ4n) is 2.96. The first-order valence-electron chi connectivity index (χ1n) is 10.2. The second kappa shape index (κ2) is 11.6. The lowest BCUT2D eigenvalue weighted by Gasteiger charge is -2.12. The minimum atomic E-state index is -0.307. The van der Waals surface area contributed by atoms with Gasteiger partial charge in [0.15, 0.2) is 0 Å². The number of carbonyl (C=O) groups is 2. The molecule has 160 valence electrons. The fraction of sp³-hybridized carbons (Fsp3) is 0.200. The van der Waals surface area contributed by atoms with Crippen molar-refractivity contribution in [3.63, 3.8) is 0 Å². The lowest BCUT2D eigenvalue weighted by atomic mass is 10.1. The third-order valence-corrected chi connectivity index (χ3v) is 4.49. The van der Waals surface area contributed by atoms with E-state index in [1.165, 1.54) is 0 Å². The van der Waals surface area contributed by atoms with E-state index in [4.69, 9.17) is 9.47 Å². The summed E-state index contributed by atoms with van der Waals surface area (Å²) >= 11 is 0. The molecule has 6 heteroatoms. The van der Waals surface area contributed by atoms with Gasteiger partial charge in [-0.15, -0.1) is 0 Å². The number of para-hydroxylation sites is 1. The molecule has 3 rings (SSSR count). The van der Waals surface area contributed by atoms with Gasteiger partial charge in [-0.1, -0.05) is 42.5 Å². The van der Waals surface area contributed by atoms with Gasteiger partial charge in [0.2, 0.25) is 0 Å². The van der Waals surface area contributed by atoms with Crippen molar-refractivity contribution in [1.82, 2.24) is 0 Å². The zero-order valence-corrected chi connectivity index (χ0v) is 17.5. The largest absolute Gasteiger partial charge is 0.379 e. The van der Waals surface area contributed by atoms with Gasteiger partial charge in [-0.3, -0.25) is 9.59 Å². The quantitative estimate of drug-likeness (QED) is 0.466. The molecule has 0 aliphatic carbocycles. The molecule has 0 saturated heterocycles. The van der Waals surface area contributed by atoms with Crippen LogP contribution in [0.2, 0.25) is 0 Å². The van der Waals surface area contributed by atoms with E-state index in [1.54, 1.807) is 48.5 Å². The Balaban J connectivity index is 1.64. The maximum atomic E-state index is 12.9. The highest BCUT2D eigenvalue weighted by molar-refractivity contribution is 6.12. The Kier molecular flexibility index (Phi) is 8.34. The number of rotatable bonds is 10. The van der Waals surface area contributed by atoms with Crippen molar-refractivity contribution in [3.05, 3.63) is 95.6 Å². The van der Waals surface area contributed by atoms with Crippen LogP contribution in [0, 0.1) is 0 Å². The van der Waals surface area contributed by atoms with E-state index in [-0.39, 0.29) is 11.8 Å². The highest BCUT2D eigenvalue weighted by Gasteiger charge is 2.14. The average Bonchev–Trinajstić information content (AvgIpc) is 2.80. The van der Waals surface area contributed by atoms with Gasteiger partial charge >= 0.3 is 0 Å². The van der Waals surface area contributed by atoms with Gasteiger partial charge in [-0.2, -0.15) is 0 Å². The molecule has 0 radical (unpaired) electrons. The van der Waals surface area contributed by atoms with Crippen LogP contribution in [0.5, 0.6) is 0 Å². The summed E-state index contributed by atoms with van der Waals surface area (Å²) in [6, 6.07) is 23.3. The number of carbonyl (C=O) groups excluding carboxylic acids is 2. The number of amides is 2. The van der Waals surface area contributed by atoms with Crippen LogP contribution in [0.3, 0.4) is 0 Å². The summed E-state index contributed by atoms with van der Waals surface area (Å²) < 4.78 is 10.8. The van der Waals surface area contributed by atoms with Gasteiger partial charge in [0.1, 0.15) is 0 Å². The number of ether oxygens (including phenoxy) is 2. The average molecular weight is 418 g/mol. The summed E-state index contributed by atoms with van der Waals surface area (Å²) in [6.45, 7) is 4.10. The molecule has 31 heavy (non-hydrogen) atoms. The second-order valence-electron chi connectivity index (χ2n) is 6.77. The molecule has 0 saturated carbocycles. The van der Waals surface area contributed by atoms with Crippen molar-refractivity contribution in [1.29, 1.82) is 0 Å². The molecule has 0 aliphatic heterocycles. The van der Waals surface area contributed by atoms with E-state index in [0.717, 1.165) is 5.56 Å². The molecule has 0 unspecified atom stereocenters. The molecule has 0 aromatic heterocycles. The molecule has 0 aliphatic rings. The highest BCUT2D eigenvalue weighted by atomic mass is 16.5. The van der Waals surface area contributed by atoms with Crippen LogP contribution in [0.15, 0.2) is 78.9 Å². The maximum absolute atomic E-state index is 12.9. The summed E-state index contributed by atoms with van der Waals surface area (Å²) in [5, 5.41) is 5.71. The number of anilines is 2. The molecule has 0 spiro atoms. The number of hydrogen-bond acceptors (Lipinski definition) is 4. The minimum absolute atomic E-state index is 0.271. The van der Waals surface area contributed by atoms with Gasteiger partial charge in [0.25, 0.3) is 11.8 Å². The molecule has 3 aromatic rings. The van der Waals surface area contributed by atoms with Crippen LogP contribution in [0.4, 0.5) is 11.4 Å². The van der Waals surface area contributed by atoms with Crippen molar-refractivity contribution < 1.29 is 19.1 Å². The van der Waals surface area contributed by atoms with Gasteiger partial charge in [-0.25, -0.2) is 0 Å². The molecule has 0 atom stereocenters. The molecule has 0 fully saturated rings. The predicted molar refractivity (Wildman–Crippen MR) is 121 cm³/mol. The van der Waals surface area contributed by atoms with Crippen molar-refractivity contribution in [2.75, 3.05) is 30.5 Å². The second-order valence-corrected chi connectivity index (χ2v) is 6.77. The predicted octanol–water partition coefficient (Wildman–Crippen LogP) is 4.74. The molecule has 0 bridgehead atoms. The summed E-state index contributed by atoms with van der Waals surface area (Å²) in [4.78, 5) is 25.4. The van der Waals surface area contributed by atoms with Crippen LogP contribution in [-0.4, -0.2) is 31.6 Å². The number of benzene rings is 3. The van der Waals surface area contributed by atoms with Crippen LogP contribution < -0.4 is 10.6 Å². The molecule has 3 aromatic carbocycles. The zero-order chi connectivity index (χ0) is 21.9. The molecule has 6 nitrogen and oxygen atoms in total. The SMILES string of the molecule is CCOCCOCc1cccc(NC(=O)c2ccccc2NC(=O)c2ccccc2)c1. The Labute approximate surface area is 182 Å². The van der Waals surface area contributed by atoms with E-state index in [0.29, 0.717) is 48.9 Å². The van der Waals surface area contributed by atoms with E-state index in [2.05, 4.69) is 10.6 Å². The standard InChI is InChI=1S/C25H26N2O4/c1-2-30-15-16-31-18-19-9-8-12-21(17-19)26-25(29)22-13-6-7-14-23(22)27-24(28)20-10-4-3-5-11-20/h3-14,17H,2,15-16,18H2,1H3,(H,26,29)(H,27,28). The molecular weight excluding hydrogens is 392 g/mol. The van der Waals surface area contributed by atoms with E-state index < -0.39 is 0 Å². The normalized spacial score (nSPS) is 10.5. The van der Waals surface area contributed by atoms with Gasteiger partial charge < -0.3 is 20.1 Å². The van der Waals surface area contributed by atoms with E-state index in [9.17, 15) is 9.59 Å². The lowest BCUT2D eigenvalue weighted by molar-refractivity contribution is 0.0453. The van der Waals surface area contributed by atoms with Crippen LogP contribution >= 0.6 is 0 Å². The Morgan fingerprint density at radius 2 is 1.52 bits per heavy atom. The summed E-state index contributed by atoms with van der Waals surface area (Å²) in [7, 11) is 0. The van der Waals surface area contributed by atoms with Crippen molar-refractivity contribution >= 4 is 23.2 Å². The van der Waals surface area contributed by atoms with Crippen LogP contribution in [0.1, 0.15) is 33.2 Å². The van der Waals surface area contributed by atoms with Gasteiger partial charge in [0, 0.05) is 17.9 Å². The zero-order valence-electron chi connectivity index (χ0n) is 17.5. The summed E-state index contributed by atoms with van der Waals surface area (Å²) in [5.74, 6) is -0.578. The number of hydrogen-bond donors (Lipinski definition) is 2. The Hall–Kier alpha value is -3.48. The topological polar surface area (TPSA) is 76.7 Å². The first-order chi connectivity index (χ1) is 15.2. The Morgan fingerprint density at radius 3 is 2.32 bits per heavy atom. The van der Waals surface area contributed by atoms with E-state index in [1.807, 2.05) is 37.3 Å². The van der Waals surface area contributed by atoms with Gasteiger partial charge in [-0.05, 0) is 48.9 Å². The van der Waals surface area contributed by atoms with Gasteiger partial charge in [0.05, 0.1) is 31.1 Å². The van der Waals surface area contributed by atoms with Crippen LogP contribution in [-0.2, 0) is 16.1 Å². The van der Waals surface area contributed by atoms with Crippen LogP contribution in [0.25, 0.3) is 0 Å². The third-order valence-electron chi connectivity index (χ3n) is 4.49. The van der Waals surface area contributed by atoms with Crippen molar-refractivity contribution in [3.8, 4) is 0 Å².